The second-order valence-corrected chi connectivity index (χ2v) is 6.50. The number of aliphatic hydroxyl groups excluding tert-OH is 4. The van der Waals surface area contributed by atoms with Crippen molar-refractivity contribution >= 4 is 12.2 Å². The fourth-order valence-corrected chi connectivity index (χ4v) is 2.85. The highest BCUT2D eigenvalue weighted by molar-refractivity contribution is 5.71. The number of aliphatic hydroxyl groups is 4. The molecule has 3 rings (SSSR count). The minimum atomic E-state index is -1.55. The lowest BCUT2D eigenvalue weighted by Gasteiger charge is -2.39. The van der Waals surface area contributed by atoms with Gasteiger partial charge in [-0.05, 0) is 35.4 Å². The van der Waals surface area contributed by atoms with Gasteiger partial charge in [-0.1, -0.05) is 24.3 Å². The molecule has 28 heavy (non-hydrogen) atoms. The van der Waals surface area contributed by atoms with Crippen molar-refractivity contribution in [3.63, 3.8) is 0 Å². The number of aromatic hydroxyl groups is 2. The van der Waals surface area contributed by atoms with E-state index in [4.69, 9.17) is 9.47 Å². The Hall–Kier alpha value is -2.62. The Kier molecular flexibility index (Phi) is 6.18. The molecule has 0 radical (unpaired) electrons. The maximum Gasteiger partial charge on any atom is 0.229 e. The number of ether oxygens (including phenoxy) is 2. The van der Waals surface area contributed by atoms with Gasteiger partial charge in [0.1, 0.15) is 41.7 Å². The average molecular weight is 390 g/mol. The van der Waals surface area contributed by atoms with E-state index in [9.17, 15) is 30.6 Å². The summed E-state index contributed by atoms with van der Waals surface area (Å²) in [5.74, 6) is 0.229. The van der Waals surface area contributed by atoms with Crippen molar-refractivity contribution in [3.8, 4) is 17.2 Å². The number of phenolic OH excluding ortho intramolecular Hbond substituents is 2. The van der Waals surface area contributed by atoms with E-state index in [0.717, 1.165) is 5.56 Å². The Balaban J connectivity index is 1.76. The Morgan fingerprint density at radius 2 is 1.50 bits per heavy atom. The molecule has 1 saturated heterocycles. The molecule has 0 bridgehead atoms. The van der Waals surface area contributed by atoms with Gasteiger partial charge in [0.2, 0.25) is 6.29 Å². The Labute approximate surface area is 161 Å². The zero-order valence-corrected chi connectivity index (χ0v) is 14.8. The van der Waals surface area contributed by atoms with Gasteiger partial charge in [-0.2, -0.15) is 0 Å². The van der Waals surface area contributed by atoms with Crippen molar-refractivity contribution < 1.29 is 40.1 Å². The van der Waals surface area contributed by atoms with Crippen LogP contribution in [0.15, 0.2) is 42.5 Å². The Morgan fingerprint density at radius 1 is 0.821 bits per heavy atom. The monoisotopic (exact) mass is 390 g/mol. The summed E-state index contributed by atoms with van der Waals surface area (Å²) < 4.78 is 10.8. The average Bonchev–Trinajstić information content (AvgIpc) is 2.67. The highest BCUT2D eigenvalue weighted by Gasteiger charge is 2.44. The van der Waals surface area contributed by atoms with Crippen LogP contribution in [0.3, 0.4) is 0 Å². The summed E-state index contributed by atoms with van der Waals surface area (Å²) in [5.41, 5.74) is 1.42. The maximum atomic E-state index is 10.1. The topological polar surface area (TPSA) is 140 Å². The van der Waals surface area contributed by atoms with Crippen molar-refractivity contribution in [2.75, 3.05) is 6.61 Å². The molecule has 5 atom stereocenters. The number of benzene rings is 2. The van der Waals surface area contributed by atoms with Crippen LogP contribution in [-0.2, 0) is 4.74 Å². The van der Waals surface area contributed by atoms with Crippen molar-refractivity contribution in [2.24, 2.45) is 0 Å². The third-order valence-corrected chi connectivity index (χ3v) is 4.38. The second kappa shape index (κ2) is 8.59. The number of rotatable bonds is 5. The predicted molar refractivity (Wildman–Crippen MR) is 99.5 cm³/mol. The van der Waals surface area contributed by atoms with Crippen LogP contribution in [0.25, 0.3) is 12.2 Å². The van der Waals surface area contributed by atoms with E-state index in [-0.39, 0.29) is 17.2 Å². The lowest BCUT2D eigenvalue weighted by atomic mass is 9.99. The summed E-state index contributed by atoms with van der Waals surface area (Å²) in [5, 5.41) is 58.2. The van der Waals surface area contributed by atoms with E-state index in [1.54, 1.807) is 42.5 Å². The van der Waals surface area contributed by atoms with Gasteiger partial charge in [-0.25, -0.2) is 0 Å². The number of hydrogen-bond acceptors (Lipinski definition) is 8. The van der Waals surface area contributed by atoms with E-state index in [0.29, 0.717) is 5.56 Å². The third kappa shape index (κ3) is 4.61. The summed E-state index contributed by atoms with van der Waals surface area (Å²) in [4.78, 5) is 0. The van der Waals surface area contributed by atoms with Gasteiger partial charge in [-0.3, -0.25) is 0 Å². The van der Waals surface area contributed by atoms with Crippen LogP contribution >= 0.6 is 0 Å². The zero-order valence-electron chi connectivity index (χ0n) is 14.8. The molecule has 1 fully saturated rings. The van der Waals surface area contributed by atoms with Gasteiger partial charge in [-0.15, -0.1) is 0 Å². The first-order valence-electron chi connectivity index (χ1n) is 8.65. The van der Waals surface area contributed by atoms with E-state index in [1.807, 2.05) is 0 Å². The molecule has 1 aliphatic heterocycles. The van der Waals surface area contributed by atoms with E-state index >= 15 is 0 Å². The van der Waals surface area contributed by atoms with Crippen molar-refractivity contribution in [1.82, 2.24) is 0 Å². The van der Waals surface area contributed by atoms with Gasteiger partial charge in [0.25, 0.3) is 0 Å². The molecule has 0 amide bonds. The van der Waals surface area contributed by atoms with Crippen molar-refractivity contribution in [1.29, 1.82) is 0 Å². The van der Waals surface area contributed by atoms with Crippen LogP contribution in [0.4, 0.5) is 0 Å². The van der Waals surface area contributed by atoms with Crippen LogP contribution in [0.5, 0.6) is 17.2 Å². The van der Waals surface area contributed by atoms with E-state index < -0.39 is 37.3 Å². The highest BCUT2D eigenvalue weighted by atomic mass is 16.7. The molecule has 2 aromatic rings. The lowest BCUT2D eigenvalue weighted by Crippen LogP contribution is -2.60. The van der Waals surface area contributed by atoms with Gasteiger partial charge in [0, 0.05) is 6.07 Å². The summed E-state index contributed by atoms with van der Waals surface area (Å²) in [6, 6.07) is 10.9. The molecule has 8 nitrogen and oxygen atoms in total. The first kappa shape index (κ1) is 20.1. The standard InChI is InChI=1S/C20H22O8/c21-10-16-17(24)18(25)19(26)20(28-16)27-15-8-12(7-14(23)9-15)2-1-11-3-5-13(22)6-4-11/h1-9,16-26H,10H2/b2-1+/t16-,17+,18+,19-,20+/m0/s1. The molecular formula is C20H22O8. The van der Waals surface area contributed by atoms with Gasteiger partial charge < -0.3 is 40.1 Å². The van der Waals surface area contributed by atoms with Gasteiger partial charge in [0.05, 0.1) is 6.61 Å². The summed E-state index contributed by atoms with van der Waals surface area (Å²) in [6.45, 7) is -0.564. The molecule has 150 valence electrons. The molecule has 8 heteroatoms. The molecule has 0 saturated carbocycles. The second-order valence-electron chi connectivity index (χ2n) is 6.50. The van der Waals surface area contributed by atoms with Crippen LogP contribution in [0, 0.1) is 0 Å². The van der Waals surface area contributed by atoms with Crippen molar-refractivity contribution in [2.45, 2.75) is 30.7 Å². The van der Waals surface area contributed by atoms with E-state index in [2.05, 4.69) is 0 Å². The minimum absolute atomic E-state index is 0.0903. The number of hydrogen-bond donors (Lipinski definition) is 6. The lowest BCUT2D eigenvalue weighted by molar-refractivity contribution is -0.277. The SMILES string of the molecule is OC[C@@H]1O[C@@H](Oc2cc(O)cc(/C=C/c3ccc(O)cc3)c2)[C@@H](O)[C@H](O)[C@@H]1O. The fraction of sp³-hybridized carbons (Fsp3) is 0.300. The normalized spacial score (nSPS) is 27.8. The maximum absolute atomic E-state index is 10.1. The van der Waals surface area contributed by atoms with Gasteiger partial charge in [0.15, 0.2) is 0 Å². The number of phenols is 2. The zero-order chi connectivity index (χ0) is 20.3. The summed E-state index contributed by atoms with van der Waals surface area (Å²) in [6.07, 6.45) is -3.52. The van der Waals surface area contributed by atoms with Crippen LogP contribution < -0.4 is 4.74 Å². The molecule has 2 aromatic carbocycles. The Morgan fingerprint density at radius 3 is 2.18 bits per heavy atom. The van der Waals surface area contributed by atoms with Gasteiger partial charge >= 0.3 is 0 Å². The first-order valence-corrected chi connectivity index (χ1v) is 8.65. The fourth-order valence-electron chi connectivity index (χ4n) is 2.85. The molecule has 0 spiro atoms. The quantitative estimate of drug-likeness (QED) is 0.405. The van der Waals surface area contributed by atoms with Crippen LogP contribution in [0.2, 0.25) is 0 Å². The molecule has 6 N–H and O–H groups in total. The van der Waals surface area contributed by atoms with Crippen LogP contribution in [-0.4, -0.2) is 68.0 Å². The molecular weight excluding hydrogens is 368 g/mol. The van der Waals surface area contributed by atoms with Crippen molar-refractivity contribution in [3.05, 3.63) is 53.6 Å². The highest BCUT2D eigenvalue weighted by Crippen LogP contribution is 2.28. The molecule has 1 aliphatic rings. The first-order chi connectivity index (χ1) is 13.4. The van der Waals surface area contributed by atoms with E-state index in [1.165, 1.54) is 12.1 Å². The smallest absolute Gasteiger partial charge is 0.229 e. The molecule has 1 heterocycles. The predicted octanol–water partition coefficient (Wildman–Crippen LogP) is 0.447. The molecule has 0 aromatic heterocycles. The minimum Gasteiger partial charge on any atom is -0.508 e. The van der Waals surface area contributed by atoms with Crippen LogP contribution in [0.1, 0.15) is 11.1 Å². The largest absolute Gasteiger partial charge is 0.508 e. The molecule has 0 unspecified atom stereocenters. The molecule has 0 aliphatic carbocycles. The Bertz CT molecular complexity index is 817. The summed E-state index contributed by atoms with van der Waals surface area (Å²) in [7, 11) is 0. The third-order valence-electron chi connectivity index (χ3n) is 4.38. The summed E-state index contributed by atoms with van der Waals surface area (Å²) >= 11 is 0.